The van der Waals surface area contributed by atoms with E-state index in [0.717, 1.165) is 17.5 Å². The van der Waals surface area contributed by atoms with Crippen molar-refractivity contribution in [1.82, 2.24) is 9.97 Å². The van der Waals surface area contributed by atoms with Crippen molar-refractivity contribution in [1.29, 1.82) is 0 Å². The van der Waals surface area contributed by atoms with Crippen molar-refractivity contribution in [3.8, 4) is 0 Å². The molecule has 3 aromatic rings. The Bertz CT molecular complexity index is 1110. The number of carbonyl (C=O) groups is 2. The minimum absolute atomic E-state index is 0.00601. The highest BCUT2D eigenvalue weighted by molar-refractivity contribution is 5.86. The molecule has 0 radical (unpaired) electrons. The van der Waals surface area contributed by atoms with Crippen LogP contribution in [0.3, 0.4) is 0 Å². The fourth-order valence-electron chi connectivity index (χ4n) is 2.83. The molecule has 11 nitrogen and oxygen atoms in total. The summed E-state index contributed by atoms with van der Waals surface area (Å²) in [4.78, 5) is 43.2. The number of anilines is 2. The predicted molar refractivity (Wildman–Crippen MR) is 118 cm³/mol. The highest BCUT2D eigenvalue weighted by atomic mass is 16.6. The number of ether oxygens (including phenoxy) is 2. The van der Waals surface area contributed by atoms with E-state index in [1.54, 1.807) is 48.5 Å². The van der Waals surface area contributed by atoms with Crippen LogP contribution in [0.4, 0.5) is 17.3 Å². The lowest BCUT2D eigenvalue weighted by Crippen LogP contribution is -2.35. The van der Waals surface area contributed by atoms with E-state index in [-0.39, 0.29) is 24.8 Å². The Kier molecular flexibility index (Phi) is 7.84. The van der Waals surface area contributed by atoms with E-state index in [4.69, 9.17) is 15.2 Å². The molecular weight excluding hydrogens is 430 g/mol. The smallest absolute Gasteiger partial charge is 0.353 e. The van der Waals surface area contributed by atoms with Crippen LogP contribution in [-0.2, 0) is 32.3 Å². The van der Waals surface area contributed by atoms with Crippen LogP contribution in [0.5, 0.6) is 0 Å². The number of rotatable bonds is 10. The number of hydrogen-bond acceptors (Lipinski definition) is 10. The first-order chi connectivity index (χ1) is 15.9. The van der Waals surface area contributed by atoms with Gasteiger partial charge in [0.05, 0.1) is 11.3 Å². The van der Waals surface area contributed by atoms with Gasteiger partial charge < -0.3 is 20.5 Å². The summed E-state index contributed by atoms with van der Waals surface area (Å²) in [7, 11) is 0. The molecule has 0 aliphatic rings. The first kappa shape index (κ1) is 23.1. The number of nitrogens with zero attached hydrogens (tertiary/aromatic N) is 3. The Hall–Kier alpha value is -4.54. The first-order valence-electron chi connectivity index (χ1n) is 9.85. The van der Waals surface area contributed by atoms with Gasteiger partial charge in [0.25, 0.3) is 0 Å². The van der Waals surface area contributed by atoms with Crippen molar-refractivity contribution >= 4 is 29.3 Å². The van der Waals surface area contributed by atoms with E-state index in [1.165, 1.54) is 0 Å². The number of nitro groups is 1. The third-order valence-electron chi connectivity index (χ3n) is 4.47. The topological polar surface area (TPSA) is 160 Å². The number of benzene rings is 2. The Morgan fingerprint density at radius 3 is 2.12 bits per heavy atom. The molecule has 0 unspecified atom stereocenters. The van der Waals surface area contributed by atoms with Gasteiger partial charge >= 0.3 is 17.6 Å². The molecule has 0 bridgehead atoms. The lowest BCUT2D eigenvalue weighted by atomic mass is 10.2. The van der Waals surface area contributed by atoms with E-state index in [0.29, 0.717) is 0 Å². The number of hydrogen-bond donors (Lipinski definition) is 2. The molecule has 170 valence electrons. The first-order valence-corrected chi connectivity index (χ1v) is 9.85. The summed E-state index contributed by atoms with van der Waals surface area (Å²) in [6.45, 7) is -0.0447. The summed E-state index contributed by atoms with van der Waals surface area (Å²) in [6, 6.07) is 16.6. The average molecular weight is 451 g/mol. The zero-order valence-electron chi connectivity index (χ0n) is 17.4. The third-order valence-corrected chi connectivity index (χ3v) is 4.47. The number of carbonyl (C=O) groups excluding carboxylic acids is 2. The predicted octanol–water partition coefficient (Wildman–Crippen LogP) is 2.62. The van der Waals surface area contributed by atoms with Crippen LogP contribution in [0.25, 0.3) is 0 Å². The van der Waals surface area contributed by atoms with E-state index in [1.807, 2.05) is 12.1 Å². The molecule has 33 heavy (non-hydrogen) atoms. The van der Waals surface area contributed by atoms with Crippen LogP contribution in [0, 0.1) is 10.1 Å². The maximum Gasteiger partial charge on any atom is 0.353 e. The van der Waals surface area contributed by atoms with E-state index < -0.39 is 35.0 Å². The van der Waals surface area contributed by atoms with Crippen LogP contribution in [-0.4, -0.2) is 32.9 Å². The molecule has 1 aromatic heterocycles. The molecule has 0 amide bonds. The van der Waals surface area contributed by atoms with Gasteiger partial charge in [-0.2, -0.15) is 0 Å². The van der Waals surface area contributed by atoms with E-state index in [2.05, 4.69) is 15.3 Å². The van der Waals surface area contributed by atoms with E-state index in [9.17, 15) is 19.7 Å². The Morgan fingerprint density at radius 2 is 1.55 bits per heavy atom. The van der Waals surface area contributed by atoms with Gasteiger partial charge in [-0.1, -0.05) is 60.7 Å². The van der Waals surface area contributed by atoms with Gasteiger partial charge in [0.1, 0.15) is 25.6 Å². The second-order valence-electron chi connectivity index (χ2n) is 6.85. The van der Waals surface area contributed by atoms with Crippen molar-refractivity contribution in [2.45, 2.75) is 25.7 Å². The molecule has 1 atom stereocenters. The Balaban J connectivity index is 1.74. The average Bonchev–Trinajstić information content (AvgIpc) is 2.82. The summed E-state index contributed by atoms with van der Waals surface area (Å²) in [5.41, 5.74) is 6.46. The molecule has 0 saturated carbocycles. The van der Waals surface area contributed by atoms with Crippen LogP contribution in [0.1, 0.15) is 17.5 Å². The van der Waals surface area contributed by atoms with Crippen LogP contribution in [0.15, 0.2) is 67.0 Å². The van der Waals surface area contributed by atoms with Gasteiger partial charge in [0.15, 0.2) is 0 Å². The monoisotopic (exact) mass is 451 g/mol. The molecule has 3 rings (SSSR count). The second-order valence-corrected chi connectivity index (χ2v) is 6.85. The lowest BCUT2D eigenvalue weighted by molar-refractivity contribution is -0.383. The molecule has 0 saturated heterocycles. The third kappa shape index (κ3) is 6.72. The molecule has 3 N–H and O–H groups in total. The van der Waals surface area contributed by atoms with Gasteiger partial charge in [0, 0.05) is 0 Å². The second kappa shape index (κ2) is 11.2. The van der Waals surface area contributed by atoms with Crippen LogP contribution in [0.2, 0.25) is 0 Å². The van der Waals surface area contributed by atoms with Gasteiger partial charge in [-0.15, -0.1) is 0 Å². The van der Waals surface area contributed by atoms with Gasteiger partial charge in [-0.3, -0.25) is 14.9 Å². The number of esters is 2. The molecular formula is C22H21N5O6. The number of aromatic nitrogens is 2. The van der Waals surface area contributed by atoms with Gasteiger partial charge in [0.2, 0.25) is 11.6 Å². The minimum atomic E-state index is -1.31. The summed E-state index contributed by atoms with van der Waals surface area (Å²) >= 11 is 0. The summed E-state index contributed by atoms with van der Waals surface area (Å²) in [6.07, 6.45) is 0.548. The maximum atomic E-state index is 12.8. The van der Waals surface area contributed by atoms with Crippen molar-refractivity contribution < 1.29 is 24.0 Å². The highest BCUT2D eigenvalue weighted by Gasteiger charge is 2.29. The number of nitrogens with two attached hydrogens (primary N) is 1. The fraction of sp³-hybridized carbons (Fsp3) is 0.182. The highest BCUT2D eigenvalue weighted by Crippen LogP contribution is 2.27. The molecule has 1 heterocycles. The normalized spacial score (nSPS) is 11.3. The standard InChI is InChI=1S/C22H21N5O6/c23-20-19(27(30)31)21(25-14-24-20)26-17(22(29)33-13-16-9-5-2-6-10-16)11-18(28)32-12-15-7-3-1-4-8-15/h1-10,14,17H,11-13H2,(H3,23,24,25,26)/t17-/m0/s1. The lowest BCUT2D eigenvalue weighted by Gasteiger charge is -2.18. The number of nitrogens with one attached hydrogen (secondary N) is 1. The van der Waals surface area contributed by atoms with Gasteiger partial charge in [-0.05, 0) is 11.1 Å². The van der Waals surface area contributed by atoms with Crippen molar-refractivity contribution in [2.75, 3.05) is 11.1 Å². The van der Waals surface area contributed by atoms with Gasteiger partial charge in [-0.25, -0.2) is 14.8 Å². The summed E-state index contributed by atoms with van der Waals surface area (Å²) in [5, 5.41) is 14.0. The number of nitrogen functional groups attached to an aromatic ring is 1. The summed E-state index contributed by atoms with van der Waals surface area (Å²) < 4.78 is 10.5. The van der Waals surface area contributed by atoms with Crippen molar-refractivity contribution in [3.63, 3.8) is 0 Å². The molecule has 2 aromatic carbocycles. The Morgan fingerprint density at radius 1 is 0.970 bits per heavy atom. The molecule has 0 aliphatic carbocycles. The molecule has 0 aliphatic heterocycles. The molecule has 11 heteroatoms. The molecule has 0 spiro atoms. The quantitative estimate of drug-likeness (QED) is 0.266. The summed E-state index contributed by atoms with van der Waals surface area (Å²) in [5.74, 6) is -2.23. The minimum Gasteiger partial charge on any atom is -0.461 e. The van der Waals surface area contributed by atoms with Crippen molar-refractivity contribution in [2.24, 2.45) is 0 Å². The zero-order valence-corrected chi connectivity index (χ0v) is 17.4. The molecule has 0 fully saturated rings. The zero-order chi connectivity index (χ0) is 23.6. The fourth-order valence-corrected chi connectivity index (χ4v) is 2.83. The maximum absolute atomic E-state index is 12.8. The van der Waals surface area contributed by atoms with Crippen LogP contribution >= 0.6 is 0 Å². The van der Waals surface area contributed by atoms with Crippen LogP contribution < -0.4 is 11.1 Å². The van der Waals surface area contributed by atoms with Crippen molar-refractivity contribution in [3.05, 3.63) is 88.2 Å². The SMILES string of the molecule is Nc1ncnc(N[C@@H](CC(=O)OCc2ccccc2)C(=O)OCc2ccccc2)c1[N+](=O)[O-]. The van der Waals surface area contributed by atoms with E-state index >= 15 is 0 Å². The Labute approximate surface area is 188 Å². The largest absolute Gasteiger partial charge is 0.461 e.